The molecular formula is C9H16ClNO3. The highest BCUT2D eigenvalue weighted by molar-refractivity contribution is 5.98. The predicted octanol–water partition coefficient (Wildman–Crippen LogP) is 0.682. The number of ketones is 1. The summed E-state index contributed by atoms with van der Waals surface area (Å²) in [5.41, 5.74) is 0. The lowest BCUT2D eigenvalue weighted by atomic mass is 10.1. The molecule has 0 aliphatic carbocycles. The minimum atomic E-state index is -0.416. The Morgan fingerprint density at radius 1 is 1.50 bits per heavy atom. The molecular weight excluding hydrogens is 206 g/mol. The normalized spacial score (nSPS) is 19.9. The van der Waals surface area contributed by atoms with Crippen LogP contribution in [-0.2, 0) is 14.3 Å². The van der Waals surface area contributed by atoms with Crippen LogP contribution >= 0.6 is 12.4 Å². The number of rotatable bonds is 4. The Kier molecular flexibility index (Phi) is 6.49. The van der Waals surface area contributed by atoms with Gasteiger partial charge in [-0.2, -0.15) is 0 Å². The molecule has 1 aliphatic heterocycles. The summed E-state index contributed by atoms with van der Waals surface area (Å²) in [4.78, 5) is 22.3. The molecule has 1 N–H and O–H groups in total. The van der Waals surface area contributed by atoms with Crippen LogP contribution in [0, 0.1) is 0 Å². The van der Waals surface area contributed by atoms with Crippen LogP contribution in [0.15, 0.2) is 0 Å². The maximum Gasteiger partial charge on any atom is 0.313 e. The van der Waals surface area contributed by atoms with Gasteiger partial charge in [0, 0.05) is 0 Å². The third-order valence-corrected chi connectivity index (χ3v) is 2.07. The molecule has 0 amide bonds. The van der Waals surface area contributed by atoms with Crippen LogP contribution in [0.4, 0.5) is 0 Å². The Labute approximate surface area is 89.8 Å². The minimum Gasteiger partial charge on any atom is -0.466 e. The summed E-state index contributed by atoms with van der Waals surface area (Å²) in [6.07, 6.45) is 1.77. The Balaban J connectivity index is 0.00000169. The van der Waals surface area contributed by atoms with Gasteiger partial charge in [-0.1, -0.05) is 0 Å². The van der Waals surface area contributed by atoms with E-state index >= 15 is 0 Å². The number of Topliss-reactive ketones (excluding diaryl/α,β-unsaturated/α-hetero) is 1. The summed E-state index contributed by atoms with van der Waals surface area (Å²) in [7, 11) is 0. The van der Waals surface area contributed by atoms with Gasteiger partial charge in [0.05, 0.1) is 12.6 Å². The summed E-state index contributed by atoms with van der Waals surface area (Å²) in [6, 6.07) is -0.121. The molecule has 5 heteroatoms. The van der Waals surface area contributed by atoms with Crippen molar-refractivity contribution >= 4 is 24.2 Å². The van der Waals surface area contributed by atoms with E-state index in [9.17, 15) is 9.59 Å². The largest absolute Gasteiger partial charge is 0.466 e. The molecule has 1 heterocycles. The van der Waals surface area contributed by atoms with E-state index in [2.05, 4.69) is 10.1 Å². The molecule has 0 aromatic rings. The lowest BCUT2D eigenvalue weighted by Crippen LogP contribution is -2.32. The lowest BCUT2D eigenvalue weighted by Gasteiger charge is -2.07. The predicted molar refractivity (Wildman–Crippen MR) is 54.5 cm³/mol. The number of carbonyl (C=O) groups excluding carboxylic acids is 2. The summed E-state index contributed by atoms with van der Waals surface area (Å²) >= 11 is 0. The Morgan fingerprint density at radius 2 is 2.21 bits per heavy atom. The fourth-order valence-corrected chi connectivity index (χ4v) is 1.44. The maximum atomic E-state index is 11.4. The van der Waals surface area contributed by atoms with Gasteiger partial charge in [0.1, 0.15) is 6.42 Å². The van der Waals surface area contributed by atoms with Crippen LogP contribution in [0.1, 0.15) is 26.2 Å². The van der Waals surface area contributed by atoms with Crippen molar-refractivity contribution in [1.82, 2.24) is 5.32 Å². The Hall–Kier alpha value is -0.610. The lowest BCUT2D eigenvalue weighted by molar-refractivity contribution is -0.145. The van der Waals surface area contributed by atoms with E-state index in [1.165, 1.54) is 0 Å². The second kappa shape index (κ2) is 6.79. The number of carbonyl (C=O) groups is 2. The van der Waals surface area contributed by atoms with Crippen molar-refractivity contribution in [2.45, 2.75) is 32.2 Å². The van der Waals surface area contributed by atoms with E-state index in [0.717, 1.165) is 19.4 Å². The number of hydrogen-bond donors (Lipinski definition) is 1. The fourth-order valence-electron chi connectivity index (χ4n) is 1.44. The first-order chi connectivity index (χ1) is 6.24. The number of hydrogen-bond acceptors (Lipinski definition) is 4. The third-order valence-electron chi connectivity index (χ3n) is 2.07. The Bertz CT molecular complexity index is 202. The molecule has 4 nitrogen and oxygen atoms in total. The highest BCUT2D eigenvalue weighted by Gasteiger charge is 2.23. The average Bonchev–Trinajstić information content (AvgIpc) is 2.55. The molecule has 82 valence electrons. The number of esters is 1. The van der Waals surface area contributed by atoms with Crippen molar-refractivity contribution in [3.05, 3.63) is 0 Å². The molecule has 0 saturated carbocycles. The molecule has 1 atom stereocenters. The first-order valence-corrected chi connectivity index (χ1v) is 4.65. The maximum absolute atomic E-state index is 11.4. The average molecular weight is 222 g/mol. The molecule has 1 aliphatic rings. The number of ether oxygens (including phenoxy) is 1. The molecule has 0 aromatic carbocycles. The van der Waals surface area contributed by atoms with Crippen molar-refractivity contribution in [3.63, 3.8) is 0 Å². The number of nitrogens with one attached hydrogen (secondary N) is 1. The van der Waals surface area contributed by atoms with Crippen LogP contribution in [-0.4, -0.2) is 30.9 Å². The van der Waals surface area contributed by atoms with Gasteiger partial charge in [-0.25, -0.2) is 0 Å². The molecule has 0 unspecified atom stereocenters. The first-order valence-electron chi connectivity index (χ1n) is 4.65. The highest BCUT2D eigenvalue weighted by atomic mass is 35.5. The van der Waals surface area contributed by atoms with Gasteiger partial charge in [0.25, 0.3) is 0 Å². The zero-order chi connectivity index (χ0) is 9.68. The van der Waals surface area contributed by atoms with Gasteiger partial charge in [-0.05, 0) is 26.3 Å². The van der Waals surface area contributed by atoms with Crippen molar-refractivity contribution in [2.75, 3.05) is 13.2 Å². The topological polar surface area (TPSA) is 55.4 Å². The Morgan fingerprint density at radius 3 is 2.71 bits per heavy atom. The van der Waals surface area contributed by atoms with Crippen LogP contribution in [0.2, 0.25) is 0 Å². The minimum absolute atomic E-state index is 0. The van der Waals surface area contributed by atoms with E-state index in [-0.39, 0.29) is 30.7 Å². The van der Waals surface area contributed by atoms with E-state index in [1.54, 1.807) is 6.92 Å². The van der Waals surface area contributed by atoms with Crippen LogP contribution in [0.3, 0.4) is 0 Å². The quantitative estimate of drug-likeness (QED) is 0.561. The van der Waals surface area contributed by atoms with Crippen molar-refractivity contribution < 1.29 is 14.3 Å². The van der Waals surface area contributed by atoms with Gasteiger partial charge >= 0.3 is 5.97 Å². The summed E-state index contributed by atoms with van der Waals surface area (Å²) in [6.45, 7) is 2.94. The SMILES string of the molecule is CCOC(=O)CC(=O)[C@@H]1CCCN1.Cl. The molecule has 1 saturated heterocycles. The highest BCUT2D eigenvalue weighted by Crippen LogP contribution is 2.07. The van der Waals surface area contributed by atoms with Crippen molar-refractivity contribution in [1.29, 1.82) is 0 Å². The van der Waals surface area contributed by atoms with Gasteiger partial charge in [-0.15, -0.1) is 12.4 Å². The fraction of sp³-hybridized carbons (Fsp3) is 0.778. The van der Waals surface area contributed by atoms with Gasteiger partial charge < -0.3 is 10.1 Å². The summed E-state index contributed by atoms with van der Waals surface area (Å²) in [5.74, 6) is -0.461. The zero-order valence-corrected chi connectivity index (χ0v) is 9.06. The third kappa shape index (κ3) is 4.07. The van der Waals surface area contributed by atoms with Crippen LogP contribution in [0.25, 0.3) is 0 Å². The molecule has 1 rings (SSSR count). The molecule has 0 radical (unpaired) electrons. The standard InChI is InChI=1S/C9H15NO3.ClH/c1-2-13-9(12)6-8(11)7-4-3-5-10-7;/h7,10H,2-6H2,1H3;1H/t7-;/m0./s1. The molecule has 0 bridgehead atoms. The van der Waals surface area contributed by atoms with Crippen LogP contribution in [0.5, 0.6) is 0 Å². The van der Waals surface area contributed by atoms with Gasteiger partial charge in [-0.3, -0.25) is 9.59 Å². The van der Waals surface area contributed by atoms with Crippen molar-refractivity contribution in [3.8, 4) is 0 Å². The molecule has 1 fully saturated rings. The van der Waals surface area contributed by atoms with E-state index in [0.29, 0.717) is 6.61 Å². The van der Waals surface area contributed by atoms with E-state index < -0.39 is 5.97 Å². The van der Waals surface area contributed by atoms with Gasteiger partial charge in [0.15, 0.2) is 5.78 Å². The zero-order valence-electron chi connectivity index (χ0n) is 8.25. The second-order valence-electron chi connectivity index (χ2n) is 3.10. The smallest absolute Gasteiger partial charge is 0.313 e. The van der Waals surface area contributed by atoms with E-state index in [4.69, 9.17) is 0 Å². The second-order valence-corrected chi connectivity index (χ2v) is 3.10. The molecule has 14 heavy (non-hydrogen) atoms. The van der Waals surface area contributed by atoms with Gasteiger partial charge in [0.2, 0.25) is 0 Å². The molecule has 0 aromatic heterocycles. The monoisotopic (exact) mass is 221 g/mol. The summed E-state index contributed by atoms with van der Waals surface area (Å²) < 4.78 is 4.68. The van der Waals surface area contributed by atoms with Crippen LogP contribution < -0.4 is 5.32 Å². The summed E-state index contributed by atoms with van der Waals surface area (Å²) in [5, 5.41) is 3.05. The molecule has 0 spiro atoms. The van der Waals surface area contributed by atoms with E-state index in [1.807, 2.05) is 0 Å². The number of halogens is 1. The van der Waals surface area contributed by atoms with Crippen molar-refractivity contribution in [2.24, 2.45) is 0 Å². The first kappa shape index (κ1) is 13.4.